The van der Waals surface area contributed by atoms with Gasteiger partial charge in [0.05, 0.1) is 8.42 Å². The topological polar surface area (TPSA) is 12.0 Å². The van der Waals surface area contributed by atoms with E-state index in [0.717, 1.165) is 11.8 Å². The second kappa shape index (κ2) is 5.13. The number of fused-ring (bicyclic) bond motifs is 1. The van der Waals surface area contributed by atoms with E-state index < -0.39 is 0 Å². The summed E-state index contributed by atoms with van der Waals surface area (Å²) in [6, 6.07) is 2.95. The summed E-state index contributed by atoms with van der Waals surface area (Å²) in [5, 5.41) is 4.34. The van der Waals surface area contributed by atoms with Gasteiger partial charge in [0.25, 0.3) is 0 Å². The van der Waals surface area contributed by atoms with Crippen molar-refractivity contribution in [1.29, 1.82) is 0 Å². The Balaban J connectivity index is 2.27. The maximum absolute atomic E-state index is 3.59. The Morgan fingerprint density at radius 1 is 1.60 bits per heavy atom. The van der Waals surface area contributed by atoms with Crippen molar-refractivity contribution in [3.8, 4) is 0 Å². The first-order valence-corrected chi connectivity index (χ1v) is 8.24. The van der Waals surface area contributed by atoms with Gasteiger partial charge in [-0.15, -0.1) is 34.9 Å². The summed E-state index contributed by atoms with van der Waals surface area (Å²) in [6.45, 7) is 5.58. The molecule has 15 heavy (non-hydrogen) atoms. The number of hydrogen-bond acceptors (Lipinski definition) is 4. The number of nitrogens with one attached hydrogen (secondary N) is 1. The van der Waals surface area contributed by atoms with Crippen LogP contribution in [0, 0.1) is 0 Å². The van der Waals surface area contributed by atoms with E-state index in [1.54, 1.807) is 0 Å². The molecule has 0 saturated heterocycles. The maximum atomic E-state index is 3.59. The molecular formula is C11H17NS3. The minimum atomic E-state index is 0.582. The number of thiophene rings is 1. The van der Waals surface area contributed by atoms with Crippen LogP contribution in [0.1, 0.15) is 31.9 Å². The molecule has 2 heterocycles. The van der Waals surface area contributed by atoms with Gasteiger partial charge in [0.2, 0.25) is 0 Å². The molecule has 1 nitrogen and oxygen atoms in total. The molecule has 0 saturated carbocycles. The van der Waals surface area contributed by atoms with Crippen LogP contribution in [0.25, 0.3) is 0 Å². The van der Waals surface area contributed by atoms with Crippen LogP contribution >= 0.6 is 34.9 Å². The SMILES string of the molecule is CCNC1CC(C)Sc2sc(SC)cc21. The Hall–Kier alpha value is 0.360. The lowest BCUT2D eigenvalue weighted by atomic mass is 10.1. The van der Waals surface area contributed by atoms with E-state index in [2.05, 4.69) is 31.5 Å². The van der Waals surface area contributed by atoms with E-state index >= 15 is 0 Å². The highest BCUT2D eigenvalue weighted by Gasteiger charge is 2.26. The average Bonchev–Trinajstić information content (AvgIpc) is 2.61. The van der Waals surface area contributed by atoms with Crippen molar-refractivity contribution in [3.63, 3.8) is 0 Å². The molecule has 2 unspecified atom stereocenters. The van der Waals surface area contributed by atoms with Crippen LogP contribution < -0.4 is 5.32 Å². The third kappa shape index (κ3) is 2.54. The van der Waals surface area contributed by atoms with Gasteiger partial charge in [-0.3, -0.25) is 0 Å². The molecule has 0 radical (unpaired) electrons. The molecule has 1 aromatic rings. The Bertz CT molecular complexity index is 335. The molecule has 2 rings (SSSR count). The second-order valence-corrected chi connectivity index (χ2v) is 7.65. The fraction of sp³-hybridized carbons (Fsp3) is 0.636. The van der Waals surface area contributed by atoms with E-state index in [1.807, 2.05) is 34.9 Å². The zero-order chi connectivity index (χ0) is 10.8. The van der Waals surface area contributed by atoms with Gasteiger partial charge in [0.15, 0.2) is 0 Å². The van der Waals surface area contributed by atoms with E-state index in [4.69, 9.17) is 0 Å². The summed E-state index contributed by atoms with van der Waals surface area (Å²) in [4.78, 5) is 0. The normalized spacial score (nSPS) is 25.3. The molecule has 0 aromatic carbocycles. The van der Waals surface area contributed by atoms with E-state index in [-0.39, 0.29) is 0 Å². The average molecular weight is 259 g/mol. The zero-order valence-electron chi connectivity index (χ0n) is 9.37. The minimum absolute atomic E-state index is 0.582. The Morgan fingerprint density at radius 3 is 3.07 bits per heavy atom. The van der Waals surface area contributed by atoms with Crippen LogP contribution in [-0.4, -0.2) is 18.1 Å². The van der Waals surface area contributed by atoms with Gasteiger partial charge in [-0.25, -0.2) is 0 Å². The fourth-order valence-corrected chi connectivity index (χ4v) is 5.55. The molecule has 84 valence electrons. The Kier molecular flexibility index (Phi) is 4.04. The van der Waals surface area contributed by atoms with Crippen molar-refractivity contribution in [2.75, 3.05) is 12.8 Å². The van der Waals surface area contributed by atoms with E-state index in [0.29, 0.717) is 6.04 Å². The predicted octanol–water partition coefficient (Wildman–Crippen LogP) is 4.00. The van der Waals surface area contributed by atoms with Crippen LogP contribution in [0.2, 0.25) is 0 Å². The van der Waals surface area contributed by atoms with Gasteiger partial charge in [0, 0.05) is 11.3 Å². The highest BCUT2D eigenvalue weighted by atomic mass is 32.2. The van der Waals surface area contributed by atoms with Crippen molar-refractivity contribution in [2.24, 2.45) is 0 Å². The Labute approximate surface area is 104 Å². The van der Waals surface area contributed by atoms with Crippen molar-refractivity contribution in [1.82, 2.24) is 5.32 Å². The third-order valence-electron chi connectivity index (χ3n) is 2.61. The number of thioether (sulfide) groups is 2. The molecule has 4 heteroatoms. The fourth-order valence-electron chi connectivity index (χ4n) is 1.93. The molecule has 0 spiro atoms. The summed E-state index contributed by atoms with van der Waals surface area (Å²) in [7, 11) is 0. The minimum Gasteiger partial charge on any atom is -0.310 e. The van der Waals surface area contributed by atoms with Crippen LogP contribution in [0.5, 0.6) is 0 Å². The molecule has 0 bridgehead atoms. The van der Waals surface area contributed by atoms with Crippen molar-refractivity contribution in [3.05, 3.63) is 11.6 Å². The van der Waals surface area contributed by atoms with Crippen molar-refractivity contribution in [2.45, 2.75) is 40.0 Å². The lowest BCUT2D eigenvalue weighted by Crippen LogP contribution is -2.25. The Morgan fingerprint density at radius 2 is 2.40 bits per heavy atom. The third-order valence-corrected chi connectivity index (χ3v) is 6.20. The van der Waals surface area contributed by atoms with Crippen LogP contribution in [0.15, 0.2) is 14.5 Å². The summed E-state index contributed by atoms with van der Waals surface area (Å²) >= 11 is 5.86. The van der Waals surface area contributed by atoms with Crippen molar-refractivity contribution >= 4 is 34.9 Å². The standard InChI is InChI=1S/C11H17NS3/c1-4-12-9-5-7(2)14-11-8(9)6-10(13-3)15-11/h6-7,9,12H,4-5H2,1-3H3. The molecule has 1 N–H and O–H groups in total. The monoisotopic (exact) mass is 259 g/mol. The number of rotatable bonds is 3. The van der Waals surface area contributed by atoms with Gasteiger partial charge in [-0.05, 0) is 30.9 Å². The van der Waals surface area contributed by atoms with E-state index in [1.165, 1.54) is 20.4 Å². The molecule has 1 aliphatic heterocycles. The van der Waals surface area contributed by atoms with Gasteiger partial charge >= 0.3 is 0 Å². The highest BCUT2D eigenvalue weighted by molar-refractivity contribution is 8.03. The summed E-state index contributed by atoms with van der Waals surface area (Å²) in [5.74, 6) is 0. The van der Waals surface area contributed by atoms with Crippen molar-refractivity contribution < 1.29 is 0 Å². The smallest absolute Gasteiger partial charge is 0.0661 e. The van der Waals surface area contributed by atoms with Gasteiger partial charge in [-0.2, -0.15) is 0 Å². The predicted molar refractivity (Wildman–Crippen MR) is 72.5 cm³/mol. The summed E-state index contributed by atoms with van der Waals surface area (Å²) in [6.07, 6.45) is 3.42. The molecule has 1 aliphatic rings. The largest absolute Gasteiger partial charge is 0.310 e. The van der Waals surface area contributed by atoms with E-state index in [9.17, 15) is 0 Å². The van der Waals surface area contributed by atoms with Crippen LogP contribution in [0.4, 0.5) is 0 Å². The molecule has 0 fully saturated rings. The van der Waals surface area contributed by atoms with Gasteiger partial charge in [0.1, 0.15) is 0 Å². The van der Waals surface area contributed by atoms with Crippen LogP contribution in [-0.2, 0) is 0 Å². The van der Waals surface area contributed by atoms with Gasteiger partial charge in [-0.1, -0.05) is 13.8 Å². The number of hydrogen-bond donors (Lipinski definition) is 1. The molecule has 1 aromatic heterocycles. The molecule has 2 atom stereocenters. The highest BCUT2D eigenvalue weighted by Crippen LogP contribution is 2.47. The lowest BCUT2D eigenvalue weighted by Gasteiger charge is -2.27. The molecule has 0 aliphatic carbocycles. The van der Waals surface area contributed by atoms with Gasteiger partial charge < -0.3 is 5.32 Å². The first kappa shape index (κ1) is 11.8. The summed E-state index contributed by atoms with van der Waals surface area (Å²) in [5.41, 5.74) is 1.54. The first-order valence-electron chi connectivity index (χ1n) is 5.32. The second-order valence-electron chi connectivity index (χ2n) is 3.79. The molecular weight excluding hydrogens is 242 g/mol. The summed E-state index contributed by atoms with van der Waals surface area (Å²) < 4.78 is 2.98. The zero-order valence-corrected chi connectivity index (χ0v) is 11.8. The maximum Gasteiger partial charge on any atom is 0.0661 e. The molecule has 0 amide bonds. The van der Waals surface area contributed by atoms with Crippen LogP contribution in [0.3, 0.4) is 0 Å². The lowest BCUT2D eigenvalue weighted by molar-refractivity contribution is 0.503. The quantitative estimate of drug-likeness (QED) is 0.824. The first-order chi connectivity index (χ1) is 7.24.